The number of carbonyl (C=O) groups is 2. The van der Waals surface area contributed by atoms with Crippen LogP contribution >= 0.6 is 15.9 Å². The lowest BCUT2D eigenvalue weighted by atomic mass is 10.0. The molecule has 0 spiro atoms. The number of halogens is 2. The van der Waals surface area contributed by atoms with Gasteiger partial charge in [-0.05, 0) is 36.4 Å². The van der Waals surface area contributed by atoms with Gasteiger partial charge in [0.25, 0.3) is 5.91 Å². The Kier molecular flexibility index (Phi) is 4.47. The van der Waals surface area contributed by atoms with Gasteiger partial charge in [-0.15, -0.1) is 0 Å². The van der Waals surface area contributed by atoms with Crippen molar-refractivity contribution in [1.82, 2.24) is 9.88 Å². The number of esters is 1. The SMILES string of the molecule is COC(=O)c1ccc2[nH]c3c(c2c1)CN(C(=O)c1cc(F)cc(Br)c1)CC3. The Bertz CT molecular complexity index is 1060. The van der Waals surface area contributed by atoms with Gasteiger partial charge < -0.3 is 14.6 Å². The van der Waals surface area contributed by atoms with Gasteiger partial charge in [0, 0.05) is 51.7 Å². The molecule has 27 heavy (non-hydrogen) atoms. The molecule has 1 aliphatic heterocycles. The number of hydrogen-bond donors (Lipinski definition) is 1. The minimum Gasteiger partial charge on any atom is -0.465 e. The highest BCUT2D eigenvalue weighted by Gasteiger charge is 2.25. The van der Waals surface area contributed by atoms with Gasteiger partial charge in [-0.3, -0.25) is 4.79 Å². The highest BCUT2D eigenvalue weighted by molar-refractivity contribution is 9.10. The van der Waals surface area contributed by atoms with Gasteiger partial charge in [-0.1, -0.05) is 15.9 Å². The number of nitrogens with one attached hydrogen (secondary N) is 1. The van der Waals surface area contributed by atoms with E-state index in [1.54, 1.807) is 23.1 Å². The highest BCUT2D eigenvalue weighted by atomic mass is 79.9. The number of ether oxygens (including phenoxy) is 1. The summed E-state index contributed by atoms with van der Waals surface area (Å²) in [5, 5.41) is 0.894. The fraction of sp³-hybridized carbons (Fsp3) is 0.200. The molecule has 1 amide bonds. The van der Waals surface area contributed by atoms with E-state index in [4.69, 9.17) is 4.74 Å². The highest BCUT2D eigenvalue weighted by Crippen LogP contribution is 2.30. The van der Waals surface area contributed by atoms with Crippen molar-refractivity contribution < 1.29 is 18.7 Å². The second-order valence-corrected chi connectivity index (χ2v) is 7.38. The molecule has 3 aromatic rings. The van der Waals surface area contributed by atoms with Crippen LogP contribution in [0.1, 0.15) is 32.0 Å². The topological polar surface area (TPSA) is 62.4 Å². The van der Waals surface area contributed by atoms with Gasteiger partial charge in [0.1, 0.15) is 5.82 Å². The van der Waals surface area contributed by atoms with Crippen LogP contribution in [-0.2, 0) is 17.7 Å². The smallest absolute Gasteiger partial charge is 0.337 e. The molecule has 0 saturated carbocycles. The van der Waals surface area contributed by atoms with E-state index >= 15 is 0 Å². The Morgan fingerprint density at radius 3 is 2.74 bits per heavy atom. The maximum atomic E-state index is 13.7. The van der Waals surface area contributed by atoms with Crippen LogP contribution < -0.4 is 0 Å². The predicted molar refractivity (Wildman–Crippen MR) is 102 cm³/mol. The fourth-order valence-electron chi connectivity index (χ4n) is 3.49. The first-order valence-corrected chi connectivity index (χ1v) is 9.22. The molecule has 0 atom stereocenters. The number of aromatic amines is 1. The van der Waals surface area contributed by atoms with Gasteiger partial charge in [0.05, 0.1) is 12.7 Å². The van der Waals surface area contributed by atoms with E-state index in [-0.39, 0.29) is 5.91 Å². The van der Waals surface area contributed by atoms with Crippen molar-refractivity contribution in [3.63, 3.8) is 0 Å². The van der Waals surface area contributed by atoms with Crippen molar-refractivity contribution in [2.24, 2.45) is 0 Å². The molecule has 0 unspecified atom stereocenters. The number of methoxy groups -OCH3 is 1. The van der Waals surface area contributed by atoms with E-state index < -0.39 is 11.8 Å². The van der Waals surface area contributed by atoms with Crippen LogP contribution in [0.25, 0.3) is 10.9 Å². The van der Waals surface area contributed by atoms with Crippen LogP contribution in [0.15, 0.2) is 40.9 Å². The minimum atomic E-state index is -0.458. The van der Waals surface area contributed by atoms with Crippen molar-refractivity contribution in [2.45, 2.75) is 13.0 Å². The Balaban J connectivity index is 1.69. The summed E-state index contributed by atoms with van der Waals surface area (Å²) < 4.78 is 19.0. The zero-order valence-corrected chi connectivity index (χ0v) is 16.1. The van der Waals surface area contributed by atoms with E-state index in [1.165, 1.54) is 19.2 Å². The van der Waals surface area contributed by atoms with Gasteiger partial charge in [0.2, 0.25) is 0 Å². The number of nitrogens with zero attached hydrogens (tertiary/aromatic N) is 1. The zero-order valence-electron chi connectivity index (χ0n) is 14.5. The predicted octanol–water partition coefficient (Wildman–Crippen LogP) is 4.05. The largest absolute Gasteiger partial charge is 0.465 e. The quantitative estimate of drug-likeness (QED) is 0.623. The van der Waals surface area contributed by atoms with Crippen LogP contribution in [0.3, 0.4) is 0 Å². The number of amides is 1. The summed E-state index contributed by atoms with van der Waals surface area (Å²) in [5.41, 5.74) is 3.71. The van der Waals surface area contributed by atoms with Gasteiger partial charge in [-0.2, -0.15) is 0 Å². The Labute approximate surface area is 163 Å². The fourth-order valence-corrected chi connectivity index (χ4v) is 3.96. The van der Waals surface area contributed by atoms with Crippen molar-refractivity contribution in [3.05, 3.63) is 69.1 Å². The number of hydrogen-bond acceptors (Lipinski definition) is 3. The maximum Gasteiger partial charge on any atom is 0.337 e. The molecule has 2 heterocycles. The Morgan fingerprint density at radius 2 is 2.00 bits per heavy atom. The van der Waals surface area contributed by atoms with Crippen LogP contribution in [-0.4, -0.2) is 35.4 Å². The molecular weight excluding hydrogens is 415 g/mol. The summed E-state index contributed by atoms with van der Waals surface area (Å²) in [4.78, 5) is 29.7. The van der Waals surface area contributed by atoms with Gasteiger partial charge in [-0.25, -0.2) is 9.18 Å². The second-order valence-electron chi connectivity index (χ2n) is 6.47. The summed E-state index contributed by atoms with van der Waals surface area (Å²) in [6, 6.07) is 9.51. The molecule has 0 aliphatic carbocycles. The first kappa shape index (κ1) is 17.7. The molecule has 0 saturated heterocycles. The number of H-pyrrole nitrogens is 1. The third kappa shape index (κ3) is 3.23. The molecule has 2 aromatic carbocycles. The van der Waals surface area contributed by atoms with E-state index in [0.717, 1.165) is 22.2 Å². The molecule has 0 radical (unpaired) electrons. The summed E-state index contributed by atoms with van der Waals surface area (Å²) in [6.45, 7) is 0.934. The van der Waals surface area contributed by atoms with Crippen LogP contribution in [0.2, 0.25) is 0 Å². The molecule has 1 aliphatic rings. The van der Waals surface area contributed by atoms with Crippen molar-refractivity contribution in [1.29, 1.82) is 0 Å². The normalized spacial score (nSPS) is 13.5. The van der Waals surface area contributed by atoms with E-state index in [9.17, 15) is 14.0 Å². The Hall–Kier alpha value is -2.67. The molecule has 0 bridgehead atoms. The zero-order chi connectivity index (χ0) is 19.1. The van der Waals surface area contributed by atoms with Crippen LogP contribution in [0.5, 0.6) is 0 Å². The molecule has 0 fully saturated rings. The lowest BCUT2D eigenvalue weighted by Crippen LogP contribution is -2.35. The van der Waals surface area contributed by atoms with E-state index in [0.29, 0.717) is 35.1 Å². The van der Waals surface area contributed by atoms with Crippen LogP contribution in [0.4, 0.5) is 4.39 Å². The number of fused-ring (bicyclic) bond motifs is 3. The number of benzene rings is 2. The number of rotatable bonds is 2. The van der Waals surface area contributed by atoms with Crippen LogP contribution in [0, 0.1) is 5.82 Å². The van der Waals surface area contributed by atoms with Gasteiger partial charge in [0.15, 0.2) is 0 Å². The molecule has 7 heteroatoms. The standard InChI is InChI=1S/C20H16BrFN2O3/c1-27-20(26)11-2-3-17-15(8-11)16-10-24(5-4-18(16)23-17)19(25)12-6-13(21)9-14(22)7-12/h2-3,6-9,23H,4-5,10H2,1H3. The third-order valence-electron chi connectivity index (χ3n) is 4.79. The van der Waals surface area contributed by atoms with Gasteiger partial charge >= 0.3 is 5.97 Å². The summed E-state index contributed by atoms with van der Waals surface area (Å²) in [7, 11) is 1.34. The monoisotopic (exact) mass is 430 g/mol. The molecule has 1 aromatic heterocycles. The summed E-state index contributed by atoms with van der Waals surface area (Å²) >= 11 is 3.23. The number of carbonyl (C=O) groups excluding carboxylic acids is 2. The van der Waals surface area contributed by atoms with Crippen molar-refractivity contribution in [3.8, 4) is 0 Å². The molecule has 1 N–H and O–H groups in total. The first-order chi connectivity index (χ1) is 13.0. The average Bonchev–Trinajstić information content (AvgIpc) is 3.03. The van der Waals surface area contributed by atoms with Crippen molar-refractivity contribution >= 4 is 38.7 Å². The van der Waals surface area contributed by atoms with Crippen molar-refractivity contribution in [2.75, 3.05) is 13.7 Å². The number of aromatic nitrogens is 1. The third-order valence-corrected chi connectivity index (χ3v) is 5.25. The lowest BCUT2D eigenvalue weighted by Gasteiger charge is -2.27. The molecular formula is C20H16BrFN2O3. The first-order valence-electron chi connectivity index (χ1n) is 8.43. The molecule has 4 rings (SSSR count). The minimum absolute atomic E-state index is 0.223. The second kappa shape index (κ2) is 6.81. The maximum absolute atomic E-state index is 13.7. The lowest BCUT2D eigenvalue weighted by molar-refractivity contribution is 0.0600. The molecule has 138 valence electrons. The Morgan fingerprint density at radius 1 is 1.19 bits per heavy atom. The summed E-state index contributed by atoms with van der Waals surface area (Å²) in [5.74, 6) is -1.08. The van der Waals surface area contributed by atoms with E-state index in [2.05, 4.69) is 20.9 Å². The summed E-state index contributed by atoms with van der Waals surface area (Å²) in [6.07, 6.45) is 0.666. The molecule has 5 nitrogen and oxygen atoms in total. The average molecular weight is 431 g/mol. The van der Waals surface area contributed by atoms with E-state index in [1.807, 2.05) is 6.07 Å².